The number of rotatable bonds is 2. The minimum Gasteiger partial charge on any atom is -0.453 e. The van der Waals surface area contributed by atoms with Crippen LogP contribution in [-0.2, 0) is 4.74 Å². The second kappa shape index (κ2) is 4.65. The Kier molecular flexibility index (Phi) is 3.04. The smallest absolute Gasteiger partial charge is 0.411 e. The molecule has 0 bridgehead atoms. The van der Waals surface area contributed by atoms with Gasteiger partial charge >= 0.3 is 6.09 Å². The molecule has 88 valence electrons. The Hall–Kier alpha value is -2.37. The van der Waals surface area contributed by atoms with Gasteiger partial charge in [0.2, 0.25) is 0 Å². The van der Waals surface area contributed by atoms with E-state index >= 15 is 0 Å². The fraction of sp³-hybridized carbons (Fsp3) is 0.182. The molecular formula is C11H11N3O3. The highest BCUT2D eigenvalue weighted by atomic mass is 16.5. The van der Waals surface area contributed by atoms with Crippen LogP contribution < -0.4 is 5.32 Å². The molecule has 1 aromatic carbocycles. The minimum atomic E-state index is -0.548. The summed E-state index contributed by atoms with van der Waals surface area (Å²) in [5, 5.41) is 6.28. The van der Waals surface area contributed by atoms with Gasteiger partial charge in [-0.05, 0) is 19.1 Å². The first-order valence-corrected chi connectivity index (χ1v) is 4.95. The number of methoxy groups -OCH3 is 1. The Morgan fingerprint density at radius 3 is 2.82 bits per heavy atom. The Morgan fingerprint density at radius 1 is 1.41 bits per heavy atom. The van der Waals surface area contributed by atoms with Gasteiger partial charge in [0.25, 0.3) is 5.89 Å². The third-order valence-electron chi connectivity index (χ3n) is 2.11. The number of anilines is 1. The Balaban J connectivity index is 2.37. The van der Waals surface area contributed by atoms with Crippen molar-refractivity contribution in [3.63, 3.8) is 0 Å². The lowest BCUT2D eigenvalue weighted by atomic mass is 10.2. The monoisotopic (exact) mass is 233 g/mol. The second-order valence-corrected chi connectivity index (χ2v) is 3.31. The average Bonchev–Trinajstić information content (AvgIpc) is 2.76. The maximum absolute atomic E-state index is 11.2. The van der Waals surface area contributed by atoms with Crippen LogP contribution in [0.1, 0.15) is 5.82 Å². The van der Waals surface area contributed by atoms with Crippen molar-refractivity contribution in [2.24, 2.45) is 0 Å². The van der Waals surface area contributed by atoms with E-state index in [1.54, 1.807) is 25.1 Å². The molecule has 1 heterocycles. The number of aryl methyl sites for hydroxylation is 1. The molecule has 1 amide bonds. The Morgan fingerprint density at radius 2 is 2.18 bits per heavy atom. The number of aromatic nitrogens is 2. The van der Waals surface area contributed by atoms with E-state index in [1.807, 2.05) is 6.07 Å². The largest absolute Gasteiger partial charge is 0.453 e. The normalized spacial score (nSPS) is 10.0. The van der Waals surface area contributed by atoms with E-state index in [0.29, 0.717) is 23.0 Å². The van der Waals surface area contributed by atoms with E-state index in [-0.39, 0.29) is 0 Å². The predicted octanol–water partition coefficient (Wildman–Crippen LogP) is 2.22. The zero-order valence-corrected chi connectivity index (χ0v) is 9.43. The zero-order valence-electron chi connectivity index (χ0n) is 9.43. The number of amides is 1. The molecule has 0 aliphatic rings. The fourth-order valence-corrected chi connectivity index (χ4v) is 1.35. The predicted molar refractivity (Wildman–Crippen MR) is 60.5 cm³/mol. The topological polar surface area (TPSA) is 77.2 Å². The molecular weight excluding hydrogens is 222 g/mol. The quantitative estimate of drug-likeness (QED) is 0.860. The number of hydrogen-bond donors (Lipinski definition) is 1. The lowest BCUT2D eigenvalue weighted by Crippen LogP contribution is -2.11. The molecule has 0 spiro atoms. The maximum atomic E-state index is 11.2. The SMILES string of the molecule is COC(=O)Nc1ccccc1-c1nc(C)no1. The molecule has 6 heteroatoms. The number of benzene rings is 1. The number of nitrogens with zero attached hydrogens (tertiary/aromatic N) is 2. The van der Waals surface area contributed by atoms with Crippen LogP contribution in [-0.4, -0.2) is 23.3 Å². The molecule has 0 fully saturated rings. The molecule has 0 unspecified atom stereocenters. The van der Waals surface area contributed by atoms with Gasteiger partial charge in [-0.2, -0.15) is 4.98 Å². The zero-order chi connectivity index (χ0) is 12.3. The van der Waals surface area contributed by atoms with Crippen molar-refractivity contribution in [2.45, 2.75) is 6.92 Å². The van der Waals surface area contributed by atoms with Crippen LogP contribution in [0, 0.1) is 6.92 Å². The number of para-hydroxylation sites is 1. The summed E-state index contributed by atoms with van der Waals surface area (Å²) in [6.07, 6.45) is -0.548. The first kappa shape index (κ1) is 11.1. The molecule has 17 heavy (non-hydrogen) atoms. The molecule has 0 saturated carbocycles. The van der Waals surface area contributed by atoms with Crippen LogP contribution in [0.3, 0.4) is 0 Å². The van der Waals surface area contributed by atoms with Crippen molar-refractivity contribution in [3.05, 3.63) is 30.1 Å². The molecule has 0 aliphatic carbocycles. The first-order valence-electron chi connectivity index (χ1n) is 4.95. The maximum Gasteiger partial charge on any atom is 0.411 e. The highest BCUT2D eigenvalue weighted by molar-refractivity contribution is 5.89. The minimum absolute atomic E-state index is 0.356. The number of nitrogens with one attached hydrogen (secondary N) is 1. The lowest BCUT2D eigenvalue weighted by Gasteiger charge is -2.06. The summed E-state index contributed by atoms with van der Waals surface area (Å²) in [6, 6.07) is 7.11. The second-order valence-electron chi connectivity index (χ2n) is 3.31. The molecule has 0 aliphatic heterocycles. The van der Waals surface area contributed by atoms with E-state index < -0.39 is 6.09 Å². The van der Waals surface area contributed by atoms with Crippen LogP contribution >= 0.6 is 0 Å². The highest BCUT2D eigenvalue weighted by Crippen LogP contribution is 2.26. The fourth-order valence-electron chi connectivity index (χ4n) is 1.35. The molecule has 1 N–H and O–H groups in total. The van der Waals surface area contributed by atoms with Gasteiger partial charge in [0.15, 0.2) is 5.82 Å². The van der Waals surface area contributed by atoms with E-state index in [0.717, 1.165) is 0 Å². The van der Waals surface area contributed by atoms with Crippen molar-refractivity contribution >= 4 is 11.8 Å². The standard InChI is InChI=1S/C11H11N3O3/c1-7-12-10(17-14-7)8-5-3-4-6-9(8)13-11(15)16-2/h3-6H,1-2H3,(H,13,15). The molecule has 0 saturated heterocycles. The van der Waals surface area contributed by atoms with Crippen LogP contribution in [0.5, 0.6) is 0 Å². The molecule has 0 radical (unpaired) electrons. The first-order chi connectivity index (χ1) is 8.20. The van der Waals surface area contributed by atoms with E-state index in [4.69, 9.17) is 4.52 Å². The van der Waals surface area contributed by atoms with Gasteiger partial charge in [0.05, 0.1) is 18.4 Å². The lowest BCUT2D eigenvalue weighted by molar-refractivity contribution is 0.187. The van der Waals surface area contributed by atoms with Crippen LogP contribution in [0.4, 0.5) is 10.5 Å². The van der Waals surface area contributed by atoms with Crippen molar-refractivity contribution in [2.75, 3.05) is 12.4 Å². The summed E-state index contributed by atoms with van der Waals surface area (Å²) < 4.78 is 9.59. The van der Waals surface area contributed by atoms with Gasteiger partial charge in [0.1, 0.15) is 0 Å². The summed E-state index contributed by atoms with van der Waals surface area (Å²) in [5.41, 5.74) is 1.21. The molecule has 1 aromatic heterocycles. The number of hydrogen-bond acceptors (Lipinski definition) is 5. The van der Waals surface area contributed by atoms with Crippen molar-refractivity contribution in [3.8, 4) is 11.5 Å². The van der Waals surface area contributed by atoms with Gasteiger partial charge in [0, 0.05) is 0 Å². The van der Waals surface area contributed by atoms with Crippen molar-refractivity contribution in [1.29, 1.82) is 0 Å². The van der Waals surface area contributed by atoms with E-state index in [1.165, 1.54) is 7.11 Å². The number of carbonyl (C=O) groups is 1. The molecule has 2 aromatic rings. The Bertz CT molecular complexity index is 536. The summed E-state index contributed by atoms with van der Waals surface area (Å²) >= 11 is 0. The molecule has 6 nitrogen and oxygen atoms in total. The van der Waals surface area contributed by atoms with Gasteiger partial charge in [-0.15, -0.1) is 0 Å². The average molecular weight is 233 g/mol. The van der Waals surface area contributed by atoms with Crippen LogP contribution in [0.15, 0.2) is 28.8 Å². The van der Waals surface area contributed by atoms with E-state index in [2.05, 4.69) is 20.2 Å². The number of carbonyl (C=O) groups excluding carboxylic acids is 1. The van der Waals surface area contributed by atoms with Crippen LogP contribution in [0.2, 0.25) is 0 Å². The van der Waals surface area contributed by atoms with Gasteiger partial charge in [-0.25, -0.2) is 4.79 Å². The summed E-state index contributed by atoms with van der Waals surface area (Å²) in [6.45, 7) is 1.73. The van der Waals surface area contributed by atoms with E-state index in [9.17, 15) is 4.79 Å². The third-order valence-corrected chi connectivity index (χ3v) is 2.11. The van der Waals surface area contributed by atoms with Crippen molar-refractivity contribution in [1.82, 2.24) is 10.1 Å². The van der Waals surface area contributed by atoms with Crippen molar-refractivity contribution < 1.29 is 14.1 Å². The van der Waals surface area contributed by atoms with Gasteiger partial charge in [-0.1, -0.05) is 17.3 Å². The third kappa shape index (κ3) is 2.41. The highest BCUT2D eigenvalue weighted by Gasteiger charge is 2.12. The van der Waals surface area contributed by atoms with Crippen LogP contribution in [0.25, 0.3) is 11.5 Å². The van der Waals surface area contributed by atoms with Gasteiger partial charge < -0.3 is 9.26 Å². The molecule has 0 atom stereocenters. The summed E-state index contributed by atoms with van der Waals surface area (Å²) in [7, 11) is 1.30. The molecule has 2 rings (SSSR count). The van der Waals surface area contributed by atoms with Gasteiger partial charge in [-0.3, -0.25) is 5.32 Å². The Labute approximate surface area is 97.6 Å². The number of ether oxygens (including phenoxy) is 1. The summed E-state index contributed by atoms with van der Waals surface area (Å²) in [4.78, 5) is 15.3. The summed E-state index contributed by atoms with van der Waals surface area (Å²) in [5.74, 6) is 0.891.